The summed E-state index contributed by atoms with van der Waals surface area (Å²) in [5.74, 6) is 0. The number of benzene rings is 2. The van der Waals surface area contributed by atoms with E-state index in [0.717, 1.165) is 10.4 Å². The lowest BCUT2D eigenvalue weighted by Gasteiger charge is -2.24. The quantitative estimate of drug-likeness (QED) is 0.423. The fourth-order valence-corrected chi connectivity index (χ4v) is 4.09. The smallest absolute Gasteiger partial charge is 0.261 e. The van der Waals surface area contributed by atoms with Crippen molar-refractivity contribution in [3.8, 4) is 0 Å². The zero-order valence-electron chi connectivity index (χ0n) is 11.9. The summed E-state index contributed by atoms with van der Waals surface area (Å²) in [6.07, 6.45) is 1.45. The molecule has 6 nitrogen and oxygen atoms in total. The second kappa shape index (κ2) is 6.93. The number of hydrogen-bond acceptors (Lipinski definition) is 4. The summed E-state index contributed by atoms with van der Waals surface area (Å²) in [4.78, 5) is 10.1. The highest BCUT2D eigenvalue weighted by Gasteiger charge is 2.26. The SMILES string of the molecule is C=CCN(c1ccccc1Br)S(=O)(=O)c1cccc([N+](=O)[O-])c1. The van der Waals surface area contributed by atoms with Crippen LogP contribution in [0.4, 0.5) is 11.4 Å². The molecule has 0 atom stereocenters. The van der Waals surface area contributed by atoms with E-state index in [4.69, 9.17) is 0 Å². The molecule has 0 unspecified atom stereocenters. The van der Waals surface area contributed by atoms with Crippen LogP contribution in [-0.4, -0.2) is 19.9 Å². The van der Waals surface area contributed by atoms with Crippen molar-refractivity contribution in [1.29, 1.82) is 0 Å². The van der Waals surface area contributed by atoms with Gasteiger partial charge in [-0.15, -0.1) is 6.58 Å². The van der Waals surface area contributed by atoms with E-state index in [9.17, 15) is 18.5 Å². The predicted molar refractivity (Wildman–Crippen MR) is 92.0 cm³/mol. The maximum atomic E-state index is 12.9. The van der Waals surface area contributed by atoms with Crippen LogP contribution in [0.1, 0.15) is 0 Å². The van der Waals surface area contributed by atoms with Gasteiger partial charge in [0.05, 0.1) is 22.1 Å². The first-order valence-corrected chi connectivity index (χ1v) is 8.74. The van der Waals surface area contributed by atoms with Crippen molar-refractivity contribution in [2.75, 3.05) is 10.8 Å². The van der Waals surface area contributed by atoms with Crippen LogP contribution in [0.2, 0.25) is 0 Å². The Morgan fingerprint density at radius 3 is 2.52 bits per heavy atom. The Hall–Kier alpha value is -2.19. The van der Waals surface area contributed by atoms with E-state index < -0.39 is 14.9 Å². The highest BCUT2D eigenvalue weighted by atomic mass is 79.9. The molecule has 0 bridgehead atoms. The first-order chi connectivity index (χ1) is 10.9. The first-order valence-electron chi connectivity index (χ1n) is 6.50. The maximum Gasteiger partial charge on any atom is 0.270 e. The summed E-state index contributed by atoms with van der Waals surface area (Å²) >= 11 is 3.32. The van der Waals surface area contributed by atoms with Gasteiger partial charge in [0.1, 0.15) is 0 Å². The van der Waals surface area contributed by atoms with Crippen LogP contribution in [0.5, 0.6) is 0 Å². The normalized spacial score (nSPS) is 11.0. The molecule has 2 aromatic carbocycles. The van der Waals surface area contributed by atoms with Crippen molar-refractivity contribution < 1.29 is 13.3 Å². The van der Waals surface area contributed by atoms with E-state index in [1.807, 2.05) is 0 Å². The van der Waals surface area contributed by atoms with Gasteiger partial charge in [-0.2, -0.15) is 0 Å². The predicted octanol–water partition coefficient (Wildman–Crippen LogP) is 3.74. The van der Waals surface area contributed by atoms with Gasteiger partial charge in [-0.3, -0.25) is 14.4 Å². The van der Waals surface area contributed by atoms with Crippen molar-refractivity contribution in [2.45, 2.75) is 4.90 Å². The Balaban J connectivity index is 2.58. The number of hydrogen-bond donors (Lipinski definition) is 0. The van der Waals surface area contributed by atoms with Gasteiger partial charge in [0, 0.05) is 16.6 Å². The molecule has 0 fully saturated rings. The van der Waals surface area contributed by atoms with E-state index in [1.165, 1.54) is 24.3 Å². The highest BCUT2D eigenvalue weighted by molar-refractivity contribution is 9.10. The summed E-state index contributed by atoms with van der Waals surface area (Å²) in [6, 6.07) is 11.8. The van der Waals surface area contributed by atoms with Crippen molar-refractivity contribution >= 4 is 37.3 Å². The number of nitrogens with zero attached hydrogens (tertiary/aromatic N) is 2. The number of nitro benzene ring substituents is 1. The van der Waals surface area contributed by atoms with Crippen molar-refractivity contribution in [2.24, 2.45) is 0 Å². The molecule has 0 saturated carbocycles. The average molecular weight is 397 g/mol. The molecule has 8 heteroatoms. The summed E-state index contributed by atoms with van der Waals surface area (Å²) in [5, 5.41) is 10.9. The van der Waals surface area contributed by atoms with Crippen LogP contribution >= 0.6 is 15.9 Å². The Morgan fingerprint density at radius 2 is 1.91 bits per heavy atom. The van der Waals surface area contributed by atoms with Crippen LogP contribution in [-0.2, 0) is 10.0 Å². The number of non-ortho nitro benzene ring substituents is 1. The molecule has 0 N–H and O–H groups in total. The lowest BCUT2D eigenvalue weighted by molar-refractivity contribution is -0.385. The monoisotopic (exact) mass is 396 g/mol. The molecule has 0 saturated heterocycles. The van der Waals surface area contributed by atoms with Crippen LogP contribution in [0, 0.1) is 10.1 Å². The molecule has 0 aliphatic heterocycles. The molecule has 0 spiro atoms. The second-order valence-corrected chi connectivity index (χ2v) is 7.25. The highest BCUT2D eigenvalue weighted by Crippen LogP contribution is 2.31. The Morgan fingerprint density at radius 1 is 1.22 bits per heavy atom. The molecule has 0 amide bonds. The molecule has 0 aliphatic carbocycles. The second-order valence-electron chi connectivity index (χ2n) is 4.53. The minimum atomic E-state index is -3.97. The topological polar surface area (TPSA) is 80.5 Å². The van der Waals surface area contributed by atoms with Gasteiger partial charge in [0.2, 0.25) is 0 Å². The Bertz CT molecular complexity index is 852. The third-order valence-electron chi connectivity index (χ3n) is 3.03. The van der Waals surface area contributed by atoms with Crippen molar-refractivity contribution in [3.05, 3.63) is 75.8 Å². The molecule has 0 aliphatic rings. The number of nitro groups is 1. The number of sulfonamides is 1. The standard InChI is InChI=1S/C15H13BrN2O4S/c1-2-10-17(15-9-4-3-8-14(15)16)23(21,22)13-7-5-6-12(11-13)18(19)20/h2-9,11H,1,10H2. The van der Waals surface area contributed by atoms with Gasteiger partial charge in [0.25, 0.3) is 15.7 Å². The summed E-state index contributed by atoms with van der Waals surface area (Å²) in [7, 11) is -3.97. The van der Waals surface area contributed by atoms with E-state index in [0.29, 0.717) is 10.2 Å². The van der Waals surface area contributed by atoms with Crippen LogP contribution in [0.15, 0.2) is 70.6 Å². The molecule has 0 aromatic heterocycles. The number of rotatable bonds is 6. The summed E-state index contributed by atoms with van der Waals surface area (Å²) < 4.78 is 27.5. The molecule has 0 radical (unpaired) electrons. The molecule has 120 valence electrons. The summed E-state index contributed by atoms with van der Waals surface area (Å²) in [6.45, 7) is 3.61. The van der Waals surface area contributed by atoms with Gasteiger partial charge in [0.15, 0.2) is 0 Å². The van der Waals surface area contributed by atoms with Crippen LogP contribution in [0.3, 0.4) is 0 Å². The number of para-hydroxylation sites is 1. The third kappa shape index (κ3) is 3.59. The maximum absolute atomic E-state index is 12.9. The minimum absolute atomic E-state index is 0.0354. The Kier molecular flexibility index (Phi) is 5.17. The van der Waals surface area contributed by atoms with E-state index in [2.05, 4.69) is 22.5 Å². The van der Waals surface area contributed by atoms with E-state index in [-0.39, 0.29) is 17.1 Å². The van der Waals surface area contributed by atoms with Gasteiger partial charge >= 0.3 is 0 Å². The van der Waals surface area contributed by atoms with Gasteiger partial charge < -0.3 is 0 Å². The van der Waals surface area contributed by atoms with Crippen molar-refractivity contribution in [3.63, 3.8) is 0 Å². The molecular formula is C15H13BrN2O4S. The molecule has 0 heterocycles. The van der Waals surface area contributed by atoms with Gasteiger partial charge in [-0.05, 0) is 34.1 Å². The van der Waals surface area contributed by atoms with E-state index >= 15 is 0 Å². The number of halogens is 1. The van der Waals surface area contributed by atoms with E-state index in [1.54, 1.807) is 24.3 Å². The van der Waals surface area contributed by atoms with Crippen molar-refractivity contribution in [1.82, 2.24) is 0 Å². The largest absolute Gasteiger partial charge is 0.270 e. The molecular weight excluding hydrogens is 384 g/mol. The van der Waals surface area contributed by atoms with Crippen LogP contribution in [0.25, 0.3) is 0 Å². The first kappa shape index (κ1) is 17.2. The lowest BCUT2D eigenvalue weighted by atomic mass is 10.3. The summed E-state index contributed by atoms with van der Waals surface area (Å²) in [5.41, 5.74) is 0.149. The van der Waals surface area contributed by atoms with Crippen LogP contribution < -0.4 is 4.31 Å². The van der Waals surface area contributed by atoms with Gasteiger partial charge in [-0.25, -0.2) is 8.42 Å². The average Bonchev–Trinajstić information content (AvgIpc) is 2.53. The zero-order chi connectivity index (χ0) is 17.0. The lowest BCUT2D eigenvalue weighted by Crippen LogP contribution is -2.31. The molecule has 2 aromatic rings. The molecule has 23 heavy (non-hydrogen) atoms. The molecule has 2 rings (SSSR count). The zero-order valence-corrected chi connectivity index (χ0v) is 14.3. The minimum Gasteiger partial charge on any atom is -0.261 e. The Labute approximate surface area is 142 Å². The van der Waals surface area contributed by atoms with Gasteiger partial charge in [-0.1, -0.05) is 24.3 Å². The number of anilines is 1. The fourth-order valence-electron chi connectivity index (χ4n) is 1.98. The third-order valence-corrected chi connectivity index (χ3v) is 5.48. The fraction of sp³-hybridized carbons (Fsp3) is 0.0667.